The minimum Gasteiger partial charge on any atom is -0.379 e. The highest BCUT2D eigenvalue weighted by Crippen LogP contribution is 2.18. The maximum absolute atomic E-state index is 11.8. The van der Waals surface area contributed by atoms with Gasteiger partial charge in [-0.05, 0) is 26.2 Å². The zero-order valence-corrected chi connectivity index (χ0v) is 16.8. The molecule has 0 aromatic carbocycles. The summed E-state index contributed by atoms with van der Waals surface area (Å²) < 4.78 is 5.44. The van der Waals surface area contributed by atoms with Gasteiger partial charge >= 0.3 is 0 Å². The number of ether oxygens (including phenoxy) is 1. The van der Waals surface area contributed by atoms with Gasteiger partial charge in [0.25, 0.3) is 0 Å². The van der Waals surface area contributed by atoms with Crippen LogP contribution in [0.15, 0.2) is 4.99 Å². The highest BCUT2D eigenvalue weighted by Gasteiger charge is 2.30. The smallest absolute Gasteiger partial charge is 0.242 e. The number of nitrogens with one attached hydrogen (secondary N) is 2. The topological polar surface area (TPSA) is 69.2 Å². The number of halogens is 1. The molecule has 1 amide bonds. The molecule has 3 fully saturated rings. The number of aliphatic imine (C=N–C) groups is 1. The van der Waals surface area contributed by atoms with Gasteiger partial charge in [-0.15, -0.1) is 24.0 Å². The summed E-state index contributed by atoms with van der Waals surface area (Å²) >= 11 is 0. The second-order valence-corrected chi connectivity index (χ2v) is 6.55. The van der Waals surface area contributed by atoms with Crippen molar-refractivity contribution in [3.8, 4) is 0 Å². The van der Waals surface area contributed by atoms with Crippen LogP contribution in [-0.4, -0.2) is 86.2 Å². The number of likely N-dealkylation sites (tertiary alicyclic amines) is 1. The van der Waals surface area contributed by atoms with E-state index >= 15 is 0 Å². The van der Waals surface area contributed by atoms with Crippen molar-refractivity contribution in [2.75, 3.05) is 52.5 Å². The summed E-state index contributed by atoms with van der Waals surface area (Å²) in [5, 5.41) is 6.31. The molecule has 24 heavy (non-hydrogen) atoms. The van der Waals surface area contributed by atoms with Crippen molar-refractivity contribution in [3.63, 3.8) is 0 Å². The molecule has 0 bridgehead atoms. The molecule has 8 heteroatoms. The van der Waals surface area contributed by atoms with Crippen LogP contribution in [0.4, 0.5) is 0 Å². The number of hydrogen-bond acceptors (Lipinski definition) is 4. The average molecular weight is 451 g/mol. The zero-order valence-electron chi connectivity index (χ0n) is 14.5. The van der Waals surface area contributed by atoms with E-state index in [9.17, 15) is 4.79 Å². The third kappa shape index (κ3) is 5.73. The van der Waals surface area contributed by atoms with Gasteiger partial charge in [0.2, 0.25) is 5.91 Å². The molecule has 3 rings (SSSR count). The molecular weight excluding hydrogens is 421 g/mol. The van der Waals surface area contributed by atoms with Crippen molar-refractivity contribution in [2.45, 2.75) is 38.3 Å². The summed E-state index contributed by atoms with van der Waals surface area (Å²) in [6.45, 7) is 8.81. The Balaban J connectivity index is 0.00000208. The molecule has 0 spiro atoms. The third-order valence-corrected chi connectivity index (χ3v) is 4.67. The van der Waals surface area contributed by atoms with Crippen molar-refractivity contribution in [2.24, 2.45) is 4.99 Å². The van der Waals surface area contributed by atoms with Gasteiger partial charge in [0, 0.05) is 44.8 Å². The lowest BCUT2D eigenvalue weighted by Gasteiger charge is -2.32. The van der Waals surface area contributed by atoms with Gasteiger partial charge in [-0.1, -0.05) is 0 Å². The van der Waals surface area contributed by atoms with Crippen LogP contribution >= 0.6 is 24.0 Å². The van der Waals surface area contributed by atoms with E-state index < -0.39 is 0 Å². The number of rotatable bonds is 5. The molecule has 2 aliphatic heterocycles. The average Bonchev–Trinajstić information content (AvgIpc) is 3.25. The van der Waals surface area contributed by atoms with Crippen LogP contribution < -0.4 is 10.6 Å². The number of carbonyl (C=O) groups excluding carboxylic acids is 1. The van der Waals surface area contributed by atoms with E-state index in [-0.39, 0.29) is 36.4 Å². The van der Waals surface area contributed by atoms with Crippen LogP contribution in [0.1, 0.15) is 26.2 Å². The molecule has 2 N–H and O–H groups in total. The molecule has 0 aromatic heterocycles. The maximum Gasteiger partial charge on any atom is 0.242 e. The Morgan fingerprint density at radius 3 is 2.62 bits per heavy atom. The molecule has 3 aliphatic rings. The summed E-state index contributed by atoms with van der Waals surface area (Å²) in [6.07, 6.45) is 3.38. The fraction of sp³-hybridized carbons (Fsp3) is 0.875. The van der Waals surface area contributed by atoms with E-state index in [4.69, 9.17) is 4.74 Å². The highest BCUT2D eigenvalue weighted by atomic mass is 127. The second-order valence-electron chi connectivity index (χ2n) is 6.55. The van der Waals surface area contributed by atoms with Gasteiger partial charge in [-0.2, -0.15) is 0 Å². The Bertz CT molecular complexity index is 438. The molecule has 1 aliphatic carbocycles. The van der Waals surface area contributed by atoms with E-state index in [2.05, 4.69) is 32.3 Å². The monoisotopic (exact) mass is 451 g/mol. The van der Waals surface area contributed by atoms with Gasteiger partial charge in [-0.25, -0.2) is 4.99 Å². The molecular formula is C16H30IN5O2. The third-order valence-electron chi connectivity index (χ3n) is 4.67. The van der Waals surface area contributed by atoms with Crippen molar-refractivity contribution in [1.82, 2.24) is 20.4 Å². The first kappa shape index (κ1) is 19.7. The number of guanidine groups is 1. The van der Waals surface area contributed by atoms with E-state index in [1.807, 2.05) is 0 Å². The molecule has 1 unspecified atom stereocenters. The minimum atomic E-state index is 0. The Morgan fingerprint density at radius 1 is 1.21 bits per heavy atom. The molecule has 1 saturated carbocycles. The first-order valence-corrected chi connectivity index (χ1v) is 8.90. The second kappa shape index (κ2) is 9.76. The Labute approximate surface area is 161 Å². The Morgan fingerprint density at radius 2 is 1.96 bits per heavy atom. The van der Waals surface area contributed by atoms with Crippen LogP contribution in [0.3, 0.4) is 0 Å². The van der Waals surface area contributed by atoms with Gasteiger partial charge in [0.05, 0.1) is 13.2 Å². The minimum absolute atomic E-state index is 0. The summed E-state index contributed by atoms with van der Waals surface area (Å²) in [5.74, 6) is 0.904. The fourth-order valence-electron chi connectivity index (χ4n) is 3.25. The first-order chi connectivity index (χ1) is 11.3. The summed E-state index contributed by atoms with van der Waals surface area (Å²) in [7, 11) is 0. The lowest BCUT2D eigenvalue weighted by atomic mass is 10.2. The van der Waals surface area contributed by atoms with Crippen LogP contribution in [0, 0.1) is 0 Å². The van der Waals surface area contributed by atoms with Crippen LogP contribution in [-0.2, 0) is 9.53 Å². The number of hydrogen-bond donors (Lipinski definition) is 2. The van der Waals surface area contributed by atoms with E-state index in [0.29, 0.717) is 12.1 Å². The summed E-state index contributed by atoms with van der Waals surface area (Å²) in [6, 6.07) is 0.973. The van der Waals surface area contributed by atoms with Gasteiger partial charge in [-0.3, -0.25) is 9.69 Å². The van der Waals surface area contributed by atoms with Crippen molar-refractivity contribution >= 4 is 35.8 Å². The van der Waals surface area contributed by atoms with Crippen LogP contribution in [0.5, 0.6) is 0 Å². The van der Waals surface area contributed by atoms with Crippen molar-refractivity contribution in [1.29, 1.82) is 0 Å². The predicted molar refractivity (Wildman–Crippen MR) is 105 cm³/mol. The Hall–Kier alpha value is -0.610. The van der Waals surface area contributed by atoms with Crippen LogP contribution in [0.25, 0.3) is 0 Å². The van der Waals surface area contributed by atoms with E-state index in [0.717, 1.165) is 71.2 Å². The molecule has 0 radical (unpaired) electrons. The summed E-state index contributed by atoms with van der Waals surface area (Å²) in [5.41, 5.74) is 0. The predicted octanol–water partition coefficient (Wildman–Crippen LogP) is 0.255. The van der Waals surface area contributed by atoms with Crippen molar-refractivity contribution < 1.29 is 9.53 Å². The maximum atomic E-state index is 11.8. The SMILES string of the molecule is CCNC(=NCC(=O)NC1CC1)N1CCC(N2CCOCC2)C1.I. The number of carbonyl (C=O) groups is 1. The molecule has 7 nitrogen and oxygen atoms in total. The highest BCUT2D eigenvalue weighted by molar-refractivity contribution is 14.0. The molecule has 2 saturated heterocycles. The standard InChI is InChI=1S/C16H29N5O2.HI/c1-2-17-16(18-11-15(22)19-13-3-4-13)21-6-5-14(12-21)20-7-9-23-10-8-20;/h13-14H,2-12H2,1H3,(H,17,18)(H,19,22);1H. The normalized spacial score (nSPS) is 25.3. The van der Waals surface area contributed by atoms with Crippen molar-refractivity contribution in [3.05, 3.63) is 0 Å². The van der Waals surface area contributed by atoms with Gasteiger partial charge in [0.15, 0.2) is 5.96 Å². The number of amides is 1. The van der Waals surface area contributed by atoms with Gasteiger partial charge < -0.3 is 20.3 Å². The summed E-state index contributed by atoms with van der Waals surface area (Å²) in [4.78, 5) is 21.2. The van der Waals surface area contributed by atoms with Gasteiger partial charge in [0.1, 0.15) is 6.54 Å². The lowest BCUT2D eigenvalue weighted by Crippen LogP contribution is -2.47. The first-order valence-electron chi connectivity index (χ1n) is 8.90. The molecule has 2 heterocycles. The molecule has 0 aromatic rings. The van der Waals surface area contributed by atoms with Crippen LogP contribution in [0.2, 0.25) is 0 Å². The lowest BCUT2D eigenvalue weighted by molar-refractivity contribution is -0.119. The fourth-order valence-corrected chi connectivity index (χ4v) is 3.25. The number of nitrogens with zero attached hydrogens (tertiary/aromatic N) is 3. The largest absolute Gasteiger partial charge is 0.379 e. The molecule has 1 atom stereocenters. The zero-order chi connectivity index (χ0) is 16.1. The van der Waals surface area contributed by atoms with E-state index in [1.54, 1.807) is 0 Å². The van der Waals surface area contributed by atoms with E-state index in [1.165, 1.54) is 0 Å². The quantitative estimate of drug-likeness (QED) is 0.357. The Kier molecular flexibility index (Phi) is 8.02. The molecule has 138 valence electrons. The number of morpholine rings is 1.